The van der Waals surface area contributed by atoms with Crippen LogP contribution in [0.1, 0.15) is 26.7 Å². The molecular formula is C14H19BrN4O. The van der Waals surface area contributed by atoms with E-state index in [1.54, 1.807) is 0 Å². The van der Waals surface area contributed by atoms with Crippen molar-refractivity contribution < 1.29 is 4.79 Å². The van der Waals surface area contributed by atoms with Crippen LogP contribution in [0.2, 0.25) is 0 Å². The van der Waals surface area contributed by atoms with Gasteiger partial charge in [-0.15, -0.1) is 0 Å². The number of rotatable bonds is 5. The molecule has 2 aromatic rings. The highest BCUT2D eigenvalue weighted by molar-refractivity contribution is 9.10. The summed E-state index contributed by atoms with van der Waals surface area (Å²) in [5, 5.41) is 2.95. The maximum atomic E-state index is 11.8. The fourth-order valence-electron chi connectivity index (χ4n) is 2.02. The highest BCUT2D eigenvalue weighted by Crippen LogP contribution is 2.22. The third-order valence-corrected chi connectivity index (χ3v) is 3.82. The van der Waals surface area contributed by atoms with Gasteiger partial charge in [-0.2, -0.15) is 0 Å². The van der Waals surface area contributed by atoms with Gasteiger partial charge in [0.25, 0.3) is 0 Å². The summed E-state index contributed by atoms with van der Waals surface area (Å²) in [6, 6.07) is 6.02. The number of carbonyl (C=O) groups is 1. The number of hydrogen-bond acceptors (Lipinski definition) is 3. The summed E-state index contributed by atoms with van der Waals surface area (Å²) in [7, 11) is 0. The number of amides is 1. The average Bonchev–Trinajstić information content (AvgIpc) is 2.70. The van der Waals surface area contributed by atoms with Crippen LogP contribution >= 0.6 is 15.9 Å². The third kappa shape index (κ3) is 3.30. The summed E-state index contributed by atoms with van der Waals surface area (Å²) in [5.41, 5.74) is 7.70. The number of carbonyl (C=O) groups excluding carboxylic acids is 1. The predicted octanol–water partition coefficient (Wildman–Crippen LogP) is 2.69. The number of imidazole rings is 1. The SMILES string of the molecule is CCC(C)NC(=O)CCn1c(N)nc2cc(Br)ccc21. The molecule has 20 heavy (non-hydrogen) atoms. The van der Waals surface area contributed by atoms with Crippen LogP contribution < -0.4 is 11.1 Å². The smallest absolute Gasteiger partial charge is 0.222 e. The Labute approximate surface area is 126 Å². The first kappa shape index (κ1) is 14.8. The van der Waals surface area contributed by atoms with Crippen molar-refractivity contribution in [2.45, 2.75) is 39.3 Å². The van der Waals surface area contributed by atoms with E-state index in [0.717, 1.165) is 21.9 Å². The Morgan fingerprint density at radius 1 is 1.55 bits per heavy atom. The van der Waals surface area contributed by atoms with Gasteiger partial charge in [-0.25, -0.2) is 4.98 Å². The minimum Gasteiger partial charge on any atom is -0.369 e. The molecule has 3 N–H and O–H groups in total. The number of nitrogens with two attached hydrogens (primary N) is 1. The van der Waals surface area contributed by atoms with E-state index < -0.39 is 0 Å². The average molecular weight is 339 g/mol. The summed E-state index contributed by atoms with van der Waals surface area (Å²) in [6.07, 6.45) is 1.33. The normalized spacial score (nSPS) is 12.6. The zero-order valence-electron chi connectivity index (χ0n) is 11.7. The zero-order chi connectivity index (χ0) is 14.7. The van der Waals surface area contributed by atoms with Gasteiger partial charge in [-0.3, -0.25) is 4.79 Å². The number of benzene rings is 1. The molecule has 2 rings (SSSR count). The van der Waals surface area contributed by atoms with Crippen molar-refractivity contribution in [1.82, 2.24) is 14.9 Å². The number of nitrogen functional groups attached to an aromatic ring is 1. The number of nitrogens with one attached hydrogen (secondary N) is 1. The van der Waals surface area contributed by atoms with E-state index in [0.29, 0.717) is 18.9 Å². The van der Waals surface area contributed by atoms with E-state index in [4.69, 9.17) is 5.73 Å². The van der Waals surface area contributed by atoms with Gasteiger partial charge >= 0.3 is 0 Å². The summed E-state index contributed by atoms with van der Waals surface area (Å²) in [6.45, 7) is 4.58. The Hall–Kier alpha value is -1.56. The summed E-state index contributed by atoms with van der Waals surface area (Å²) in [5.74, 6) is 0.479. The molecule has 108 valence electrons. The Balaban J connectivity index is 2.10. The van der Waals surface area contributed by atoms with Gasteiger partial charge in [0.05, 0.1) is 11.0 Å². The minimum atomic E-state index is 0.0395. The first-order chi connectivity index (χ1) is 9.51. The zero-order valence-corrected chi connectivity index (χ0v) is 13.3. The molecule has 1 aromatic carbocycles. The van der Waals surface area contributed by atoms with Crippen molar-refractivity contribution in [2.75, 3.05) is 5.73 Å². The number of anilines is 1. The highest BCUT2D eigenvalue weighted by atomic mass is 79.9. The first-order valence-corrected chi connectivity index (χ1v) is 7.51. The molecule has 1 aromatic heterocycles. The summed E-state index contributed by atoms with van der Waals surface area (Å²) in [4.78, 5) is 16.1. The van der Waals surface area contributed by atoms with Crippen molar-refractivity contribution in [3.63, 3.8) is 0 Å². The quantitative estimate of drug-likeness (QED) is 0.880. The van der Waals surface area contributed by atoms with Crippen molar-refractivity contribution in [3.05, 3.63) is 22.7 Å². The van der Waals surface area contributed by atoms with E-state index in [1.807, 2.05) is 36.6 Å². The predicted molar refractivity (Wildman–Crippen MR) is 84.4 cm³/mol. The van der Waals surface area contributed by atoms with Crippen molar-refractivity contribution in [1.29, 1.82) is 0 Å². The number of fused-ring (bicyclic) bond motifs is 1. The number of aryl methyl sites for hydroxylation is 1. The topological polar surface area (TPSA) is 72.9 Å². The Morgan fingerprint density at radius 2 is 2.30 bits per heavy atom. The van der Waals surface area contributed by atoms with E-state index in [1.165, 1.54) is 0 Å². The van der Waals surface area contributed by atoms with Crippen LogP contribution in [0.15, 0.2) is 22.7 Å². The fraction of sp³-hybridized carbons (Fsp3) is 0.429. The van der Waals surface area contributed by atoms with E-state index in [-0.39, 0.29) is 11.9 Å². The maximum Gasteiger partial charge on any atom is 0.222 e. The lowest BCUT2D eigenvalue weighted by Gasteiger charge is -2.12. The van der Waals surface area contributed by atoms with Crippen LogP contribution in [0.4, 0.5) is 5.95 Å². The molecule has 0 fully saturated rings. The molecule has 1 unspecified atom stereocenters. The van der Waals surface area contributed by atoms with Crippen LogP contribution in [0, 0.1) is 0 Å². The van der Waals surface area contributed by atoms with Gasteiger partial charge in [0, 0.05) is 23.5 Å². The van der Waals surface area contributed by atoms with Crippen molar-refractivity contribution in [3.8, 4) is 0 Å². The fourth-order valence-corrected chi connectivity index (χ4v) is 2.37. The van der Waals surface area contributed by atoms with Gasteiger partial charge < -0.3 is 15.6 Å². The largest absolute Gasteiger partial charge is 0.369 e. The number of hydrogen-bond donors (Lipinski definition) is 2. The highest BCUT2D eigenvalue weighted by Gasteiger charge is 2.11. The second-order valence-corrected chi connectivity index (χ2v) is 5.80. The Kier molecular flexibility index (Phi) is 4.65. The van der Waals surface area contributed by atoms with E-state index in [2.05, 4.69) is 26.2 Å². The van der Waals surface area contributed by atoms with Crippen LogP contribution in [-0.4, -0.2) is 21.5 Å². The lowest BCUT2D eigenvalue weighted by atomic mass is 10.2. The molecule has 0 saturated heterocycles. The molecule has 1 atom stereocenters. The lowest BCUT2D eigenvalue weighted by molar-refractivity contribution is -0.121. The second kappa shape index (κ2) is 6.26. The first-order valence-electron chi connectivity index (χ1n) is 6.72. The Morgan fingerprint density at radius 3 is 3.00 bits per heavy atom. The van der Waals surface area contributed by atoms with Gasteiger partial charge in [-0.1, -0.05) is 22.9 Å². The van der Waals surface area contributed by atoms with Gasteiger partial charge in [0.1, 0.15) is 0 Å². The molecular weight excluding hydrogens is 320 g/mol. The molecule has 0 aliphatic rings. The summed E-state index contributed by atoms with van der Waals surface area (Å²) >= 11 is 3.41. The second-order valence-electron chi connectivity index (χ2n) is 4.88. The van der Waals surface area contributed by atoms with Gasteiger partial charge in [0.15, 0.2) is 0 Å². The van der Waals surface area contributed by atoms with E-state index in [9.17, 15) is 4.79 Å². The van der Waals surface area contributed by atoms with Crippen LogP contribution in [0.25, 0.3) is 11.0 Å². The molecule has 0 saturated carbocycles. The molecule has 6 heteroatoms. The van der Waals surface area contributed by atoms with Gasteiger partial charge in [-0.05, 0) is 31.5 Å². The number of aromatic nitrogens is 2. The van der Waals surface area contributed by atoms with Crippen LogP contribution in [-0.2, 0) is 11.3 Å². The molecule has 1 heterocycles. The van der Waals surface area contributed by atoms with Crippen molar-refractivity contribution >= 4 is 38.8 Å². The molecule has 5 nitrogen and oxygen atoms in total. The maximum absolute atomic E-state index is 11.8. The monoisotopic (exact) mass is 338 g/mol. The number of nitrogens with zero attached hydrogens (tertiary/aromatic N) is 2. The van der Waals surface area contributed by atoms with Gasteiger partial charge in [0.2, 0.25) is 11.9 Å². The van der Waals surface area contributed by atoms with Crippen molar-refractivity contribution in [2.24, 2.45) is 0 Å². The third-order valence-electron chi connectivity index (χ3n) is 3.32. The van der Waals surface area contributed by atoms with Crippen LogP contribution in [0.5, 0.6) is 0 Å². The Bertz CT molecular complexity index is 623. The minimum absolute atomic E-state index is 0.0395. The van der Waals surface area contributed by atoms with E-state index >= 15 is 0 Å². The standard InChI is InChI=1S/C14H19BrN4O/c1-3-9(2)17-13(20)6-7-19-12-5-4-10(15)8-11(12)18-14(19)16/h4-5,8-9H,3,6-7H2,1-2H3,(H2,16,18)(H,17,20). The molecule has 0 aliphatic heterocycles. The van der Waals surface area contributed by atoms with Crippen LogP contribution in [0.3, 0.4) is 0 Å². The lowest BCUT2D eigenvalue weighted by Crippen LogP contribution is -2.32. The number of halogens is 1. The molecule has 0 bridgehead atoms. The summed E-state index contributed by atoms with van der Waals surface area (Å²) < 4.78 is 2.84. The molecule has 1 amide bonds. The molecule has 0 spiro atoms. The molecule has 0 radical (unpaired) electrons. The molecule has 0 aliphatic carbocycles.